The van der Waals surface area contributed by atoms with E-state index in [1.165, 1.54) is 0 Å². The van der Waals surface area contributed by atoms with Crippen LogP contribution in [-0.2, 0) is 6.42 Å². The Morgan fingerprint density at radius 3 is 2.78 bits per heavy atom. The zero-order valence-electron chi connectivity index (χ0n) is 11.1. The van der Waals surface area contributed by atoms with Crippen LogP contribution in [0.3, 0.4) is 0 Å². The average molecular weight is 247 g/mol. The first-order chi connectivity index (χ1) is 8.67. The summed E-state index contributed by atoms with van der Waals surface area (Å²) in [5, 5.41) is 0. The van der Waals surface area contributed by atoms with E-state index in [1.54, 1.807) is 7.11 Å². The van der Waals surface area contributed by atoms with Crippen molar-refractivity contribution in [1.29, 1.82) is 0 Å². The van der Waals surface area contributed by atoms with Crippen LogP contribution in [0.2, 0.25) is 0 Å². The second-order valence-corrected chi connectivity index (χ2v) is 4.32. The molecule has 2 N–H and O–H groups in total. The molecule has 0 aliphatic rings. The van der Waals surface area contributed by atoms with E-state index in [9.17, 15) is 0 Å². The number of unbranched alkanes of at least 4 members (excludes halogenated alkanes) is 1. The quantitative estimate of drug-likeness (QED) is 0.594. The van der Waals surface area contributed by atoms with Crippen LogP contribution >= 0.6 is 0 Å². The second kappa shape index (κ2) is 7.62. The van der Waals surface area contributed by atoms with E-state index in [2.05, 4.69) is 5.92 Å². The van der Waals surface area contributed by atoms with Gasteiger partial charge in [-0.2, -0.15) is 0 Å². The Kier molecular flexibility index (Phi) is 6.10. The van der Waals surface area contributed by atoms with Gasteiger partial charge in [0.2, 0.25) is 0 Å². The number of methoxy groups -OCH3 is 1. The summed E-state index contributed by atoms with van der Waals surface area (Å²) in [5.41, 5.74) is 6.93. The summed E-state index contributed by atoms with van der Waals surface area (Å²) >= 11 is 0. The van der Waals surface area contributed by atoms with Gasteiger partial charge in [0.15, 0.2) is 11.5 Å². The Morgan fingerprint density at radius 1 is 1.39 bits per heavy atom. The fraction of sp³-hybridized carbons (Fsp3) is 0.467. The van der Waals surface area contributed by atoms with Crippen LogP contribution in [0.1, 0.15) is 25.3 Å². The van der Waals surface area contributed by atoms with Crippen molar-refractivity contribution in [1.82, 2.24) is 0 Å². The molecule has 0 saturated heterocycles. The van der Waals surface area contributed by atoms with E-state index in [0.29, 0.717) is 6.61 Å². The summed E-state index contributed by atoms with van der Waals surface area (Å²) in [6.07, 6.45) is 7.59. The topological polar surface area (TPSA) is 44.5 Å². The summed E-state index contributed by atoms with van der Waals surface area (Å²) in [5.74, 6) is 4.09. The molecule has 1 rings (SSSR count). The molecule has 1 unspecified atom stereocenters. The third-order valence-electron chi connectivity index (χ3n) is 2.51. The molecule has 0 aromatic heterocycles. The predicted octanol–water partition coefficient (Wildman–Crippen LogP) is 2.38. The lowest BCUT2D eigenvalue weighted by molar-refractivity contribution is 0.290. The largest absolute Gasteiger partial charge is 0.493 e. The van der Waals surface area contributed by atoms with Crippen LogP contribution < -0.4 is 15.2 Å². The molecule has 0 aliphatic carbocycles. The van der Waals surface area contributed by atoms with Gasteiger partial charge in [-0.25, -0.2) is 0 Å². The molecule has 0 spiro atoms. The van der Waals surface area contributed by atoms with Crippen LogP contribution in [0, 0.1) is 12.3 Å². The van der Waals surface area contributed by atoms with Crippen LogP contribution in [-0.4, -0.2) is 19.8 Å². The SMILES string of the molecule is C#CCCCOc1ccc(CC(C)N)cc1OC. The third kappa shape index (κ3) is 4.68. The summed E-state index contributed by atoms with van der Waals surface area (Å²) in [6, 6.07) is 6.05. The molecule has 3 heteroatoms. The van der Waals surface area contributed by atoms with Crippen LogP contribution in [0.5, 0.6) is 11.5 Å². The lowest BCUT2D eigenvalue weighted by Crippen LogP contribution is -2.17. The fourth-order valence-corrected chi connectivity index (χ4v) is 1.69. The van der Waals surface area contributed by atoms with E-state index < -0.39 is 0 Å². The molecule has 0 saturated carbocycles. The Morgan fingerprint density at radius 2 is 2.17 bits per heavy atom. The van der Waals surface area contributed by atoms with Gasteiger partial charge in [-0.15, -0.1) is 12.3 Å². The van der Waals surface area contributed by atoms with Gasteiger partial charge in [-0.3, -0.25) is 0 Å². The van der Waals surface area contributed by atoms with Crippen LogP contribution in [0.25, 0.3) is 0 Å². The highest BCUT2D eigenvalue weighted by molar-refractivity contribution is 5.43. The lowest BCUT2D eigenvalue weighted by Gasteiger charge is -2.12. The number of nitrogens with two attached hydrogens (primary N) is 1. The van der Waals surface area contributed by atoms with Crippen LogP contribution in [0.15, 0.2) is 18.2 Å². The molecule has 3 nitrogen and oxygen atoms in total. The maximum Gasteiger partial charge on any atom is 0.161 e. The Balaban J connectivity index is 2.65. The van der Waals surface area contributed by atoms with Crippen molar-refractivity contribution in [3.8, 4) is 23.8 Å². The highest BCUT2D eigenvalue weighted by atomic mass is 16.5. The van der Waals surface area contributed by atoms with Gasteiger partial charge in [0.05, 0.1) is 13.7 Å². The van der Waals surface area contributed by atoms with Crippen molar-refractivity contribution in [2.75, 3.05) is 13.7 Å². The number of hydrogen-bond acceptors (Lipinski definition) is 3. The minimum absolute atomic E-state index is 0.136. The molecule has 0 radical (unpaired) electrons. The zero-order valence-corrected chi connectivity index (χ0v) is 11.1. The van der Waals surface area contributed by atoms with Gasteiger partial charge in [0.1, 0.15) is 0 Å². The van der Waals surface area contributed by atoms with E-state index in [-0.39, 0.29) is 6.04 Å². The van der Waals surface area contributed by atoms with E-state index in [4.69, 9.17) is 21.6 Å². The second-order valence-electron chi connectivity index (χ2n) is 4.32. The van der Waals surface area contributed by atoms with Crippen molar-refractivity contribution in [2.24, 2.45) is 5.73 Å². The molecular weight excluding hydrogens is 226 g/mol. The molecule has 0 amide bonds. The number of ether oxygens (including phenoxy) is 2. The molecule has 98 valence electrons. The molecule has 0 fully saturated rings. The summed E-state index contributed by atoms with van der Waals surface area (Å²) in [7, 11) is 1.64. The number of rotatable bonds is 7. The lowest BCUT2D eigenvalue weighted by atomic mass is 10.1. The minimum atomic E-state index is 0.136. The Bertz CT molecular complexity index is 407. The first-order valence-electron chi connectivity index (χ1n) is 6.16. The molecule has 0 heterocycles. The van der Waals surface area contributed by atoms with Gasteiger partial charge in [0, 0.05) is 12.5 Å². The average Bonchev–Trinajstić information content (AvgIpc) is 2.35. The number of terminal acetylenes is 1. The molecule has 0 bridgehead atoms. The molecule has 18 heavy (non-hydrogen) atoms. The fourth-order valence-electron chi connectivity index (χ4n) is 1.69. The third-order valence-corrected chi connectivity index (χ3v) is 2.51. The van der Waals surface area contributed by atoms with Gasteiger partial charge < -0.3 is 15.2 Å². The monoisotopic (exact) mass is 247 g/mol. The van der Waals surface area contributed by atoms with Crippen molar-refractivity contribution >= 4 is 0 Å². The Hall–Kier alpha value is -1.66. The van der Waals surface area contributed by atoms with E-state index in [1.807, 2.05) is 25.1 Å². The first-order valence-corrected chi connectivity index (χ1v) is 6.16. The minimum Gasteiger partial charge on any atom is -0.493 e. The van der Waals surface area contributed by atoms with Crippen molar-refractivity contribution in [2.45, 2.75) is 32.2 Å². The molecule has 1 atom stereocenters. The normalized spacial score (nSPS) is 11.7. The standard InChI is InChI=1S/C15H21NO2/c1-4-5-6-9-18-14-8-7-13(10-12(2)16)11-15(14)17-3/h1,7-8,11-12H,5-6,9-10,16H2,2-3H3. The van der Waals surface area contributed by atoms with Crippen molar-refractivity contribution in [3.05, 3.63) is 23.8 Å². The van der Waals surface area contributed by atoms with E-state index in [0.717, 1.165) is 36.3 Å². The van der Waals surface area contributed by atoms with Gasteiger partial charge in [-0.05, 0) is 37.5 Å². The van der Waals surface area contributed by atoms with Crippen molar-refractivity contribution in [3.63, 3.8) is 0 Å². The summed E-state index contributed by atoms with van der Waals surface area (Å²) in [4.78, 5) is 0. The van der Waals surface area contributed by atoms with Gasteiger partial charge in [0.25, 0.3) is 0 Å². The summed E-state index contributed by atoms with van der Waals surface area (Å²) in [6.45, 7) is 2.59. The highest BCUT2D eigenvalue weighted by Crippen LogP contribution is 2.28. The predicted molar refractivity (Wildman–Crippen MR) is 73.9 cm³/mol. The molecule has 1 aromatic carbocycles. The van der Waals surface area contributed by atoms with Gasteiger partial charge >= 0.3 is 0 Å². The van der Waals surface area contributed by atoms with Crippen LogP contribution in [0.4, 0.5) is 0 Å². The van der Waals surface area contributed by atoms with E-state index >= 15 is 0 Å². The molecule has 1 aromatic rings. The highest BCUT2D eigenvalue weighted by Gasteiger charge is 2.06. The number of hydrogen-bond donors (Lipinski definition) is 1. The zero-order chi connectivity index (χ0) is 13.4. The molecular formula is C15H21NO2. The first kappa shape index (κ1) is 14.4. The smallest absolute Gasteiger partial charge is 0.161 e. The molecule has 0 aliphatic heterocycles. The maximum absolute atomic E-state index is 5.78. The van der Waals surface area contributed by atoms with Crippen molar-refractivity contribution < 1.29 is 9.47 Å². The maximum atomic E-state index is 5.78. The Labute approximate surface area is 109 Å². The summed E-state index contributed by atoms with van der Waals surface area (Å²) < 4.78 is 11.0. The van der Waals surface area contributed by atoms with Gasteiger partial charge in [-0.1, -0.05) is 6.07 Å². The number of benzene rings is 1.